The first-order chi connectivity index (χ1) is 7.68. The highest BCUT2D eigenvalue weighted by atomic mass is 15.2. The van der Waals surface area contributed by atoms with Gasteiger partial charge in [-0.2, -0.15) is 0 Å². The van der Waals surface area contributed by atoms with Gasteiger partial charge in [0.1, 0.15) is 0 Å². The van der Waals surface area contributed by atoms with E-state index in [0.717, 1.165) is 24.4 Å². The Labute approximate surface area is 99.5 Å². The molecule has 2 rings (SSSR count). The monoisotopic (exact) mass is 217 g/mol. The van der Waals surface area contributed by atoms with Crippen LogP contribution in [-0.2, 0) is 6.54 Å². The van der Waals surface area contributed by atoms with E-state index in [0.29, 0.717) is 0 Å². The molecule has 1 aromatic rings. The Kier molecular flexibility index (Phi) is 3.65. The molecule has 1 aliphatic rings. The lowest BCUT2D eigenvalue weighted by Crippen LogP contribution is -2.35. The van der Waals surface area contributed by atoms with Crippen LogP contribution < -0.4 is 0 Å². The largest absolute Gasteiger partial charge is 0.296 e. The normalized spacial score (nSPS) is 26.5. The van der Waals surface area contributed by atoms with Crippen molar-refractivity contribution in [1.29, 1.82) is 0 Å². The number of likely N-dealkylation sites (tertiary alicyclic amines) is 1. The molecule has 0 aliphatic carbocycles. The van der Waals surface area contributed by atoms with Crippen LogP contribution in [0.25, 0.3) is 0 Å². The van der Waals surface area contributed by atoms with E-state index in [-0.39, 0.29) is 0 Å². The molecule has 1 aliphatic heterocycles. The van der Waals surface area contributed by atoms with Crippen LogP contribution in [0.3, 0.4) is 0 Å². The average Bonchev–Trinajstić information content (AvgIpc) is 2.61. The molecule has 0 spiro atoms. The van der Waals surface area contributed by atoms with Crippen LogP contribution in [0.4, 0.5) is 0 Å². The van der Waals surface area contributed by atoms with Crippen molar-refractivity contribution < 1.29 is 0 Å². The van der Waals surface area contributed by atoms with E-state index in [1.807, 2.05) is 0 Å². The lowest BCUT2D eigenvalue weighted by molar-refractivity contribution is 0.174. The zero-order valence-electron chi connectivity index (χ0n) is 10.7. The van der Waals surface area contributed by atoms with Gasteiger partial charge in [0, 0.05) is 12.6 Å². The maximum absolute atomic E-state index is 2.66. The molecule has 1 saturated heterocycles. The van der Waals surface area contributed by atoms with Crippen molar-refractivity contribution >= 4 is 0 Å². The SMILES string of the molecule is CC(C)C1C(C)CCN1Cc1ccccc1. The van der Waals surface area contributed by atoms with Gasteiger partial charge in [0.2, 0.25) is 0 Å². The molecule has 88 valence electrons. The summed E-state index contributed by atoms with van der Waals surface area (Å²) in [4.78, 5) is 2.66. The lowest BCUT2D eigenvalue weighted by Gasteiger charge is -2.30. The van der Waals surface area contributed by atoms with Crippen molar-refractivity contribution in [3.05, 3.63) is 35.9 Å². The number of nitrogens with zero attached hydrogens (tertiary/aromatic N) is 1. The molecule has 1 fully saturated rings. The highest BCUT2D eigenvalue weighted by Gasteiger charge is 2.32. The number of benzene rings is 1. The van der Waals surface area contributed by atoms with Crippen LogP contribution in [0.5, 0.6) is 0 Å². The Morgan fingerprint density at radius 1 is 1.25 bits per heavy atom. The van der Waals surface area contributed by atoms with Crippen LogP contribution in [0.15, 0.2) is 30.3 Å². The second kappa shape index (κ2) is 5.01. The zero-order valence-corrected chi connectivity index (χ0v) is 10.7. The molecule has 0 saturated carbocycles. The van der Waals surface area contributed by atoms with Crippen molar-refractivity contribution in [2.24, 2.45) is 11.8 Å². The van der Waals surface area contributed by atoms with Crippen molar-refractivity contribution in [2.75, 3.05) is 6.54 Å². The van der Waals surface area contributed by atoms with Crippen LogP contribution in [0.2, 0.25) is 0 Å². The second-order valence-corrected chi connectivity index (χ2v) is 5.46. The minimum absolute atomic E-state index is 0.764. The Morgan fingerprint density at radius 3 is 2.56 bits per heavy atom. The minimum atomic E-state index is 0.764. The van der Waals surface area contributed by atoms with E-state index < -0.39 is 0 Å². The standard InChI is InChI=1S/C15H23N/c1-12(2)15-13(3)9-10-16(15)11-14-7-5-4-6-8-14/h4-8,12-13,15H,9-11H2,1-3H3. The van der Waals surface area contributed by atoms with Gasteiger partial charge in [0.25, 0.3) is 0 Å². The maximum Gasteiger partial charge on any atom is 0.0236 e. The predicted octanol–water partition coefficient (Wildman–Crippen LogP) is 3.55. The summed E-state index contributed by atoms with van der Waals surface area (Å²) in [5, 5.41) is 0. The van der Waals surface area contributed by atoms with Crippen LogP contribution in [0, 0.1) is 11.8 Å². The molecule has 1 heteroatoms. The molecule has 0 N–H and O–H groups in total. The number of hydrogen-bond donors (Lipinski definition) is 0. The summed E-state index contributed by atoms with van der Waals surface area (Å²) in [7, 11) is 0. The maximum atomic E-state index is 2.66. The first-order valence-electron chi connectivity index (χ1n) is 6.46. The van der Waals surface area contributed by atoms with Gasteiger partial charge >= 0.3 is 0 Å². The Bertz CT molecular complexity index is 317. The summed E-state index contributed by atoms with van der Waals surface area (Å²) in [6, 6.07) is 11.6. The van der Waals surface area contributed by atoms with Crippen molar-refractivity contribution in [3.63, 3.8) is 0 Å². The highest BCUT2D eigenvalue weighted by molar-refractivity contribution is 5.15. The molecule has 1 heterocycles. The molecule has 16 heavy (non-hydrogen) atoms. The third kappa shape index (κ3) is 2.46. The van der Waals surface area contributed by atoms with Gasteiger partial charge in [-0.1, -0.05) is 51.1 Å². The third-order valence-corrected chi connectivity index (χ3v) is 3.79. The van der Waals surface area contributed by atoms with E-state index in [9.17, 15) is 0 Å². The van der Waals surface area contributed by atoms with E-state index in [1.165, 1.54) is 18.5 Å². The van der Waals surface area contributed by atoms with Crippen LogP contribution in [0.1, 0.15) is 32.8 Å². The molecule has 1 aromatic carbocycles. The second-order valence-electron chi connectivity index (χ2n) is 5.46. The summed E-state index contributed by atoms with van der Waals surface area (Å²) in [6.07, 6.45) is 1.36. The van der Waals surface area contributed by atoms with Crippen molar-refractivity contribution in [1.82, 2.24) is 4.90 Å². The fourth-order valence-corrected chi connectivity index (χ4v) is 3.13. The Balaban J connectivity index is 2.05. The molecule has 2 unspecified atom stereocenters. The fourth-order valence-electron chi connectivity index (χ4n) is 3.13. The van der Waals surface area contributed by atoms with Crippen molar-refractivity contribution in [2.45, 2.75) is 39.8 Å². The fraction of sp³-hybridized carbons (Fsp3) is 0.600. The Morgan fingerprint density at radius 2 is 1.94 bits per heavy atom. The predicted molar refractivity (Wildman–Crippen MR) is 69.3 cm³/mol. The van der Waals surface area contributed by atoms with Gasteiger partial charge in [0.15, 0.2) is 0 Å². The van der Waals surface area contributed by atoms with E-state index in [2.05, 4.69) is 56.0 Å². The molecular weight excluding hydrogens is 194 g/mol. The molecule has 1 nitrogen and oxygen atoms in total. The lowest BCUT2D eigenvalue weighted by atomic mass is 9.93. The summed E-state index contributed by atoms with van der Waals surface area (Å²) in [6.45, 7) is 9.48. The number of rotatable bonds is 3. The van der Waals surface area contributed by atoms with Crippen LogP contribution in [-0.4, -0.2) is 17.5 Å². The molecule has 0 radical (unpaired) electrons. The van der Waals surface area contributed by atoms with Crippen LogP contribution >= 0.6 is 0 Å². The summed E-state index contributed by atoms with van der Waals surface area (Å²) in [5.74, 6) is 1.62. The Hall–Kier alpha value is -0.820. The topological polar surface area (TPSA) is 3.24 Å². The molecule has 2 atom stereocenters. The zero-order chi connectivity index (χ0) is 11.5. The van der Waals surface area contributed by atoms with E-state index in [4.69, 9.17) is 0 Å². The minimum Gasteiger partial charge on any atom is -0.296 e. The smallest absolute Gasteiger partial charge is 0.0236 e. The van der Waals surface area contributed by atoms with Crippen molar-refractivity contribution in [3.8, 4) is 0 Å². The first-order valence-corrected chi connectivity index (χ1v) is 6.46. The summed E-state index contributed by atoms with van der Waals surface area (Å²) < 4.78 is 0. The van der Waals surface area contributed by atoms with Gasteiger partial charge < -0.3 is 0 Å². The van der Waals surface area contributed by atoms with Gasteiger partial charge in [-0.3, -0.25) is 4.90 Å². The molecular formula is C15H23N. The van der Waals surface area contributed by atoms with Gasteiger partial charge in [-0.05, 0) is 30.4 Å². The summed E-state index contributed by atoms with van der Waals surface area (Å²) >= 11 is 0. The molecule has 0 aromatic heterocycles. The summed E-state index contributed by atoms with van der Waals surface area (Å²) in [5.41, 5.74) is 1.45. The third-order valence-electron chi connectivity index (χ3n) is 3.79. The van der Waals surface area contributed by atoms with Gasteiger partial charge in [-0.25, -0.2) is 0 Å². The molecule has 0 bridgehead atoms. The average molecular weight is 217 g/mol. The quantitative estimate of drug-likeness (QED) is 0.748. The molecule has 0 amide bonds. The highest BCUT2D eigenvalue weighted by Crippen LogP contribution is 2.30. The number of hydrogen-bond acceptors (Lipinski definition) is 1. The van der Waals surface area contributed by atoms with Gasteiger partial charge in [0.05, 0.1) is 0 Å². The first kappa shape index (κ1) is 11.7. The van der Waals surface area contributed by atoms with E-state index >= 15 is 0 Å². The van der Waals surface area contributed by atoms with Gasteiger partial charge in [-0.15, -0.1) is 0 Å². The van der Waals surface area contributed by atoms with E-state index in [1.54, 1.807) is 0 Å².